The van der Waals surface area contributed by atoms with Crippen molar-refractivity contribution in [3.63, 3.8) is 0 Å². The fourth-order valence-corrected chi connectivity index (χ4v) is 3.71. The maximum Gasteiger partial charge on any atom is 0.258 e. The second-order valence-electron chi connectivity index (χ2n) is 6.79. The molecule has 0 spiro atoms. The topological polar surface area (TPSA) is 74.0 Å². The summed E-state index contributed by atoms with van der Waals surface area (Å²) in [5.74, 6) is 2.98. The van der Waals surface area contributed by atoms with E-state index in [2.05, 4.69) is 4.98 Å². The Balaban J connectivity index is 1.38. The molecule has 3 aliphatic heterocycles. The molecule has 1 unspecified atom stereocenters. The highest BCUT2D eigenvalue weighted by atomic mass is 16.6. The summed E-state index contributed by atoms with van der Waals surface area (Å²) in [6, 6.07) is 5.44. The minimum Gasteiger partial charge on any atom is -0.486 e. The van der Waals surface area contributed by atoms with Crippen molar-refractivity contribution in [2.24, 2.45) is 0 Å². The number of nitrogens with zero attached hydrogens (tertiary/aromatic N) is 2. The summed E-state index contributed by atoms with van der Waals surface area (Å²) < 4.78 is 22.6. The zero-order valence-corrected chi connectivity index (χ0v) is 14.4. The van der Waals surface area contributed by atoms with Gasteiger partial charge in [0.1, 0.15) is 24.7 Å². The van der Waals surface area contributed by atoms with Gasteiger partial charge in [-0.15, -0.1) is 0 Å². The summed E-state index contributed by atoms with van der Waals surface area (Å²) in [4.78, 5) is 19.5. The van der Waals surface area contributed by atoms with Crippen LogP contribution in [0.15, 0.2) is 22.6 Å². The van der Waals surface area contributed by atoms with Crippen molar-refractivity contribution in [1.29, 1.82) is 0 Å². The molecule has 0 saturated carbocycles. The van der Waals surface area contributed by atoms with Crippen LogP contribution in [0.25, 0.3) is 0 Å². The summed E-state index contributed by atoms with van der Waals surface area (Å²) in [5.41, 5.74) is 1.40. The van der Waals surface area contributed by atoms with Gasteiger partial charge in [-0.2, -0.15) is 0 Å². The smallest absolute Gasteiger partial charge is 0.258 e. The van der Waals surface area contributed by atoms with Gasteiger partial charge in [0, 0.05) is 19.6 Å². The van der Waals surface area contributed by atoms with Gasteiger partial charge in [-0.1, -0.05) is 6.07 Å². The van der Waals surface area contributed by atoms with Crippen molar-refractivity contribution in [3.05, 3.63) is 41.1 Å². The molecular weight excluding hydrogens is 336 g/mol. The molecule has 0 N–H and O–H groups in total. The van der Waals surface area contributed by atoms with Crippen molar-refractivity contribution >= 4 is 5.91 Å². The number of rotatable bonds is 2. The molecule has 0 radical (unpaired) electrons. The Labute approximate surface area is 150 Å². The van der Waals surface area contributed by atoms with Gasteiger partial charge in [-0.3, -0.25) is 4.79 Å². The lowest BCUT2D eigenvalue weighted by Crippen LogP contribution is -2.36. The van der Waals surface area contributed by atoms with E-state index in [1.807, 2.05) is 12.1 Å². The molecule has 1 atom stereocenters. The van der Waals surface area contributed by atoms with Crippen LogP contribution < -0.4 is 9.47 Å². The Kier molecular flexibility index (Phi) is 3.81. The molecule has 0 aliphatic carbocycles. The predicted molar refractivity (Wildman–Crippen MR) is 90.6 cm³/mol. The molecule has 1 fully saturated rings. The van der Waals surface area contributed by atoms with Crippen molar-refractivity contribution in [2.45, 2.75) is 25.3 Å². The van der Waals surface area contributed by atoms with E-state index in [4.69, 9.17) is 18.6 Å². The average molecular weight is 356 g/mol. The third kappa shape index (κ3) is 2.63. The molecule has 1 saturated heterocycles. The van der Waals surface area contributed by atoms with E-state index in [9.17, 15) is 4.79 Å². The molecule has 1 aromatic heterocycles. The first-order valence-electron chi connectivity index (χ1n) is 9.03. The number of carbonyl (C=O) groups is 1. The highest BCUT2D eigenvalue weighted by Crippen LogP contribution is 2.35. The molecule has 1 aromatic carbocycles. The number of hydrogen-bond donors (Lipinski definition) is 0. The number of ether oxygens (including phenoxy) is 3. The van der Waals surface area contributed by atoms with Gasteiger partial charge in [0.15, 0.2) is 17.4 Å². The van der Waals surface area contributed by atoms with E-state index in [0.29, 0.717) is 56.4 Å². The largest absolute Gasteiger partial charge is 0.486 e. The summed E-state index contributed by atoms with van der Waals surface area (Å²) in [6.07, 6.45) is 1.61. The number of aromatic nitrogens is 1. The fraction of sp³-hybridized carbons (Fsp3) is 0.474. The van der Waals surface area contributed by atoms with E-state index in [1.54, 1.807) is 11.0 Å². The van der Waals surface area contributed by atoms with Crippen LogP contribution in [0.2, 0.25) is 0 Å². The average Bonchev–Trinajstić information content (AvgIpc) is 3.35. The molecule has 4 heterocycles. The lowest BCUT2D eigenvalue weighted by atomic mass is 10.1. The molecule has 7 nitrogen and oxygen atoms in total. The Morgan fingerprint density at radius 3 is 3.00 bits per heavy atom. The number of amides is 1. The van der Waals surface area contributed by atoms with E-state index in [-0.39, 0.29) is 11.8 Å². The molecule has 7 heteroatoms. The minimum atomic E-state index is -0.0632. The van der Waals surface area contributed by atoms with Gasteiger partial charge in [-0.05, 0) is 18.6 Å². The number of hydrogen-bond acceptors (Lipinski definition) is 6. The monoisotopic (exact) mass is 356 g/mol. The van der Waals surface area contributed by atoms with Crippen LogP contribution in [0, 0.1) is 0 Å². The number of fused-ring (bicyclic) bond motifs is 2. The third-order valence-electron chi connectivity index (χ3n) is 5.11. The van der Waals surface area contributed by atoms with Crippen molar-refractivity contribution in [1.82, 2.24) is 9.88 Å². The quantitative estimate of drug-likeness (QED) is 0.821. The van der Waals surface area contributed by atoms with Crippen molar-refractivity contribution < 1.29 is 23.4 Å². The highest BCUT2D eigenvalue weighted by Gasteiger charge is 2.31. The number of oxazole rings is 1. The third-order valence-corrected chi connectivity index (χ3v) is 5.11. The fourth-order valence-electron chi connectivity index (χ4n) is 3.71. The summed E-state index contributed by atoms with van der Waals surface area (Å²) in [5, 5.41) is 0. The Morgan fingerprint density at radius 1 is 1.19 bits per heavy atom. The highest BCUT2D eigenvalue weighted by molar-refractivity contribution is 5.98. The second kappa shape index (κ2) is 6.32. The Hall–Kier alpha value is -2.54. The van der Waals surface area contributed by atoms with E-state index in [1.165, 1.54) is 0 Å². The normalized spacial score (nSPS) is 21.5. The van der Waals surface area contributed by atoms with Gasteiger partial charge < -0.3 is 23.5 Å². The molecule has 26 heavy (non-hydrogen) atoms. The van der Waals surface area contributed by atoms with Crippen molar-refractivity contribution in [2.75, 3.05) is 33.0 Å². The van der Waals surface area contributed by atoms with Crippen LogP contribution in [-0.2, 0) is 17.7 Å². The first kappa shape index (κ1) is 15.7. The standard InChI is InChI=1S/C19H20N2O5/c22-19(13-2-1-3-16-17(13)25-9-8-24-16)21-6-4-15-14(10-21)20-18(26-15)12-5-7-23-11-12/h1-3,12H,4-11H2. The summed E-state index contributed by atoms with van der Waals surface area (Å²) in [7, 11) is 0. The minimum absolute atomic E-state index is 0.0632. The maximum atomic E-state index is 13.1. The summed E-state index contributed by atoms with van der Waals surface area (Å²) >= 11 is 0. The molecule has 136 valence electrons. The maximum absolute atomic E-state index is 13.1. The molecule has 5 rings (SSSR count). The first-order chi connectivity index (χ1) is 12.8. The molecule has 0 bridgehead atoms. The Morgan fingerprint density at radius 2 is 2.12 bits per heavy atom. The Bertz CT molecular complexity index is 840. The number of benzene rings is 1. The zero-order chi connectivity index (χ0) is 17.5. The zero-order valence-electron chi connectivity index (χ0n) is 14.4. The molecular formula is C19H20N2O5. The SMILES string of the molecule is O=C(c1cccc2c1OCCO2)N1CCc2oc(C3CCOC3)nc2C1. The van der Waals surface area contributed by atoms with Crippen LogP contribution in [-0.4, -0.2) is 48.8 Å². The lowest BCUT2D eigenvalue weighted by molar-refractivity contribution is 0.0717. The molecule has 1 amide bonds. The van der Waals surface area contributed by atoms with Crippen LogP contribution in [0.3, 0.4) is 0 Å². The number of para-hydroxylation sites is 1. The van der Waals surface area contributed by atoms with E-state index >= 15 is 0 Å². The van der Waals surface area contributed by atoms with Gasteiger partial charge >= 0.3 is 0 Å². The first-order valence-corrected chi connectivity index (χ1v) is 9.03. The summed E-state index contributed by atoms with van der Waals surface area (Å²) in [6.45, 7) is 3.43. The van der Waals surface area contributed by atoms with Crippen LogP contribution in [0.4, 0.5) is 0 Å². The number of carbonyl (C=O) groups excluding carboxylic acids is 1. The van der Waals surface area contributed by atoms with Gasteiger partial charge in [-0.25, -0.2) is 4.98 Å². The van der Waals surface area contributed by atoms with Crippen LogP contribution >= 0.6 is 0 Å². The van der Waals surface area contributed by atoms with Crippen molar-refractivity contribution in [3.8, 4) is 11.5 Å². The van der Waals surface area contributed by atoms with Crippen LogP contribution in [0.5, 0.6) is 11.5 Å². The van der Waals surface area contributed by atoms with Gasteiger partial charge in [0.2, 0.25) is 0 Å². The van der Waals surface area contributed by atoms with E-state index in [0.717, 1.165) is 30.4 Å². The molecule has 2 aromatic rings. The van der Waals surface area contributed by atoms with E-state index < -0.39 is 0 Å². The van der Waals surface area contributed by atoms with Gasteiger partial charge in [0.25, 0.3) is 5.91 Å². The lowest BCUT2D eigenvalue weighted by Gasteiger charge is -2.27. The van der Waals surface area contributed by atoms with Gasteiger partial charge in [0.05, 0.1) is 24.6 Å². The van der Waals surface area contributed by atoms with Crippen LogP contribution in [0.1, 0.15) is 40.0 Å². The predicted octanol–water partition coefficient (Wildman–Crippen LogP) is 2.15. The second-order valence-corrected chi connectivity index (χ2v) is 6.79. The molecule has 3 aliphatic rings.